The van der Waals surface area contributed by atoms with Crippen molar-refractivity contribution in [1.29, 1.82) is 0 Å². The van der Waals surface area contributed by atoms with Crippen LogP contribution in [0.15, 0.2) is 54.7 Å². The number of hydrogen-bond donors (Lipinski definition) is 2. The maximum Gasteiger partial charge on any atom is 0.306 e. The molecule has 0 aliphatic heterocycles. The van der Waals surface area contributed by atoms with Crippen LogP contribution in [0.25, 0.3) is 10.9 Å². The van der Waals surface area contributed by atoms with Gasteiger partial charge >= 0.3 is 5.97 Å². The summed E-state index contributed by atoms with van der Waals surface area (Å²) in [6.07, 6.45) is 2.80. The van der Waals surface area contributed by atoms with Gasteiger partial charge in [0.05, 0.1) is 0 Å². The molecule has 0 radical (unpaired) electrons. The summed E-state index contributed by atoms with van der Waals surface area (Å²) >= 11 is 0. The lowest BCUT2D eigenvalue weighted by Gasteiger charge is -2.13. The van der Waals surface area contributed by atoms with Crippen molar-refractivity contribution in [2.75, 3.05) is 5.32 Å². The molecular formula is C22H24N2O3. The molecule has 0 unspecified atom stereocenters. The Kier molecular flexibility index (Phi) is 5.91. The minimum absolute atomic E-state index is 0.227. The second-order valence-electron chi connectivity index (χ2n) is 6.53. The van der Waals surface area contributed by atoms with Crippen molar-refractivity contribution in [3.63, 3.8) is 0 Å². The summed E-state index contributed by atoms with van der Waals surface area (Å²) in [5, 5.41) is 3.87. The minimum Gasteiger partial charge on any atom is -0.453 e. The fourth-order valence-corrected chi connectivity index (χ4v) is 2.95. The van der Waals surface area contributed by atoms with Gasteiger partial charge in [-0.2, -0.15) is 0 Å². The molecule has 140 valence electrons. The first-order valence-electron chi connectivity index (χ1n) is 9.21. The molecule has 0 bridgehead atoms. The number of aromatic nitrogens is 1. The van der Waals surface area contributed by atoms with Crippen LogP contribution in [0, 0.1) is 0 Å². The maximum absolute atomic E-state index is 12.2. The van der Waals surface area contributed by atoms with E-state index in [1.54, 1.807) is 6.92 Å². The lowest BCUT2D eigenvalue weighted by atomic mass is 10.1. The second-order valence-corrected chi connectivity index (χ2v) is 6.53. The highest BCUT2D eigenvalue weighted by Crippen LogP contribution is 2.19. The molecule has 5 nitrogen and oxygen atoms in total. The number of H-pyrrole nitrogens is 1. The van der Waals surface area contributed by atoms with E-state index in [2.05, 4.69) is 17.2 Å². The van der Waals surface area contributed by atoms with Gasteiger partial charge in [-0.1, -0.05) is 37.3 Å². The van der Waals surface area contributed by atoms with Crippen molar-refractivity contribution in [2.45, 2.75) is 39.2 Å². The Morgan fingerprint density at radius 1 is 1.11 bits per heavy atom. The van der Waals surface area contributed by atoms with E-state index in [0.717, 1.165) is 22.9 Å². The number of rotatable bonds is 7. The molecule has 0 aliphatic rings. The number of ether oxygens (including phenoxy) is 1. The van der Waals surface area contributed by atoms with Crippen LogP contribution < -0.4 is 5.32 Å². The number of para-hydroxylation sites is 1. The van der Waals surface area contributed by atoms with Crippen molar-refractivity contribution in [1.82, 2.24) is 4.98 Å². The average molecular weight is 364 g/mol. The first-order valence-corrected chi connectivity index (χ1v) is 9.21. The standard InChI is InChI=1S/C22H24N2O3/c1-3-16-8-11-18(12-9-16)24-22(26)15(2)27-21(25)13-10-17-14-23-20-7-5-4-6-19(17)20/h4-9,11-12,14-15,23H,3,10,13H2,1-2H3,(H,24,26)/t15-/m1/s1. The highest BCUT2D eigenvalue weighted by atomic mass is 16.5. The summed E-state index contributed by atoms with van der Waals surface area (Å²) in [4.78, 5) is 27.5. The van der Waals surface area contributed by atoms with Crippen LogP contribution in [0.2, 0.25) is 0 Å². The van der Waals surface area contributed by atoms with E-state index in [0.29, 0.717) is 12.1 Å². The quantitative estimate of drug-likeness (QED) is 0.616. The molecule has 0 saturated carbocycles. The van der Waals surface area contributed by atoms with E-state index in [-0.39, 0.29) is 18.3 Å². The third-order valence-electron chi connectivity index (χ3n) is 4.58. The number of amides is 1. The summed E-state index contributed by atoms with van der Waals surface area (Å²) in [5.41, 5.74) is 4.00. The van der Waals surface area contributed by atoms with Crippen LogP contribution in [-0.2, 0) is 27.2 Å². The lowest BCUT2D eigenvalue weighted by Crippen LogP contribution is -2.30. The van der Waals surface area contributed by atoms with E-state index in [1.165, 1.54) is 5.56 Å². The molecule has 1 amide bonds. The van der Waals surface area contributed by atoms with Crippen molar-refractivity contribution >= 4 is 28.5 Å². The zero-order chi connectivity index (χ0) is 19.2. The number of esters is 1. The van der Waals surface area contributed by atoms with Gasteiger partial charge in [0.15, 0.2) is 6.10 Å². The fraction of sp³-hybridized carbons (Fsp3) is 0.273. The van der Waals surface area contributed by atoms with Gasteiger partial charge < -0.3 is 15.0 Å². The number of carbonyl (C=O) groups is 2. The van der Waals surface area contributed by atoms with Crippen LogP contribution in [0.3, 0.4) is 0 Å². The van der Waals surface area contributed by atoms with Gasteiger partial charge in [-0.3, -0.25) is 9.59 Å². The van der Waals surface area contributed by atoms with E-state index in [9.17, 15) is 9.59 Å². The zero-order valence-corrected chi connectivity index (χ0v) is 15.6. The van der Waals surface area contributed by atoms with Crippen LogP contribution >= 0.6 is 0 Å². The first-order chi connectivity index (χ1) is 13.1. The molecule has 5 heteroatoms. The van der Waals surface area contributed by atoms with Gasteiger partial charge in [-0.05, 0) is 49.1 Å². The topological polar surface area (TPSA) is 71.2 Å². The normalized spacial score (nSPS) is 11.9. The summed E-state index contributed by atoms with van der Waals surface area (Å²) in [6.45, 7) is 3.66. The van der Waals surface area contributed by atoms with Gasteiger partial charge in [-0.15, -0.1) is 0 Å². The molecule has 1 heterocycles. The van der Waals surface area contributed by atoms with E-state index >= 15 is 0 Å². The van der Waals surface area contributed by atoms with Crippen molar-refractivity contribution in [3.8, 4) is 0 Å². The van der Waals surface area contributed by atoms with Crippen molar-refractivity contribution in [3.05, 3.63) is 65.9 Å². The number of aryl methyl sites for hydroxylation is 2. The Labute approximate surface area is 158 Å². The monoisotopic (exact) mass is 364 g/mol. The molecule has 3 rings (SSSR count). The lowest BCUT2D eigenvalue weighted by molar-refractivity contribution is -0.153. The number of carbonyl (C=O) groups excluding carboxylic acids is 2. The summed E-state index contributed by atoms with van der Waals surface area (Å²) < 4.78 is 5.28. The number of aromatic amines is 1. The molecule has 0 spiro atoms. The second kappa shape index (κ2) is 8.54. The molecule has 2 N–H and O–H groups in total. The number of hydrogen-bond acceptors (Lipinski definition) is 3. The van der Waals surface area contributed by atoms with Gasteiger partial charge in [0, 0.05) is 29.2 Å². The van der Waals surface area contributed by atoms with Gasteiger partial charge in [0.25, 0.3) is 5.91 Å². The van der Waals surface area contributed by atoms with Crippen LogP contribution in [0.4, 0.5) is 5.69 Å². The summed E-state index contributed by atoms with van der Waals surface area (Å²) in [5.74, 6) is -0.719. The van der Waals surface area contributed by atoms with Crippen LogP contribution in [0.5, 0.6) is 0 Å². The Morgan fingerprint density at radius 3 is 2.59 bits per heavy atom. The Bertz CT molecular complexity index is 928. The predicted octanol–water partition coefficient (Wildman–Crippen LogP) is 4.23. The Hall–Kier alpha value is -3.08. The molecule has 1 aromatic heterocycles. The SMILES string of the molecule is CCc1ccc(NC(=O)[C@@H](C)OC(=O)CCc2c[nH]c3ccccc23)cc1. The highest BCUT2D eigenvalue weighted by molar-refractivity contribution is 5.95. The smallest absolute Gasteiger partial charge is 0.306 e. The van der Waals surface area contributed by atoms with Gasteiger partial charge in [0.2, 0.25) is 0 Å². The molecule has 0 aliphatic carbocycles. The Balaban J connectivity index is 1.49. The van der Waals surface area contributed by atoms with Crippen LogP contribution in [-0.4, -0.2) is 23.0 Å². The first kappa shape index (κ1) is 18.7. The summed E-state index contributed by atoms with van der Waals surface area (Å²) in [6, 6.07) is 15.6. The molecule has 27 heavy (non-hydrogen) atoms. The summed E-state index contributed by atoms with van der Waals surface area (Å²) in [7, 11) is 0. The molecule has 0 fully saturated rings. The highest BCUT2D eigenvalue weighted by Gasteiger charge is 2.18. The average Bonchev–Trinajstić information content (AvgIpc) is 3.10. The molecule has 1 atom stereocenters. The Morgan fingerprint density at radius 2 is 1.85 bits per heavy atom. The zero-order valence-electron chi connectivity index (χ0n) is 15.6. The third kappa shape index (κ3) is 4.76. The third-order valence-corrected chi connectivity index (χ3v) is 4.58. The van der Waals surface area contributed by atoms with Crippen molar-refractivity contribution < 1.29 is 14.3 Å². The molecule has 0 saturated heterocycles. The molecule has 2 aromatic carbocycles. The minimum atomic E-state index is -0.841. The maximum atomic E-state index is 12.2. The fourth-order valence-electron chi connectivity index (χ4n) is 2.95. The van der Waals surface area contributed by atoms with Gasteiger partial charge in [0.1, 0.15) is 0 Å². The predicted molar refractivity (Wildman–Crippen MR) is 107 cm³/mol. The van der Waals surface area contributed by atoms with E-state index in [4.69, 9.17) is 4.74 Å². The van der Waals surface area contributed by atoms with Crippen LogP contribution in [0.1, 0.15) is 31.4 Å². The number of anilines is 1. The number of nitrogens with one attached hydrogen (secondary N) is 2. The van der Waals surface area contributed by atoms with E-state index < -0.39 is 6.10 Å². The van der Waals surface area contributed by atoms with E-state index in [1.807, 2.05) is 54.7 Å². The largest absolute Gasteiger partial charge is 0.453 e. The molecular weight excluding hydrogens is 340 g/mol. The van der Waals surface area contributed by atoms with Gasteiger partial charge in [-0.25, -0.2) is 0 Å². The molecule has 3 aromatic rings. The van der Waals surface area contributed by atoms with Crippen molar-refractivity contribution in [2.24, 2.45) is 0 Å². The number of fused-ring (bicyclic) bond motifs is 1. The number of benzene rings is 2.